The lowest BCUT2D eigenvalue weighted by molar-refractivity contribution is 0.00616. The van der Waals surface area contributed by atoms with Gasteiger partial charge in [-0.05, 0) is 33.8 Å². The highest BCUT2D eigenvalue weighted by atomic mass is 35.5. The first-order valence-corrected chi connectivity index (χ1v) is 8.55. The van der Waals surface area contributed by atoms with E-state index in [9.17, 15) is 14.0 Å². The van der Waals surface area contributed by atoms with E-state index in [0.29, 0.717) is 13.1 Å². The van der Waals surface area contributed by atoms with Crippen molar-refractivity contribution in [3.05, 3.63) is 27.8 Å². The first-order chi connectivity index (χ1) is 11.5. The summed E-state index contributed by atoms with van der Waals surface area (Å²) < 4.78 is 19.0. The van der Waals surface area contributed by atoms with Crippen molar-refractivity contribution in [2.75, 3.05) is 19.6 Å². The Balaban J connectivity index is 2.10. The van der Waals surface area contributed by atoms with Crippen LogP contribution in [0.3, 0.4) is 0 Å². The van der Waals surface area contributed by atoms with E-state index in [1.165, 1.54) is 4.90 Å². The summed E-state index contributed by atoms with van der Waals surface area (Å²) in [7, 11) is 0. The van der Waals surface area contributed by atoms with Crippen LogP contribution >= 0.6 is 23.2 Å². The SMILES string of the molecule is C[C@H]1CN(C(=O)OC(C)(C)C)CCN1C(=O)c1cc(F)c(Cl)nc1Cl. The van der Waals surface area contributed by atoms with E-state index in [2.05, 4.69) is 4.98 Å². The van der Waals surface area contributed by atoms with Crippen LogP contribution in [0.2, 0.25) is 10.3 Å². The minimum Gasteiger partial charge on any atom is -0.444 e. The van der Waals surface area contributed by atoms with Crippen LogP contribution in [0.25, 0.3) is 0 Å². The number of aromatic nitrogens is 1. The number of amides is 2. The summed E-state index contributed by atoms with van der Waals surface area (Å²) in [5, 5.41) is -0.539. The van der Waals surface area contributed by atoms with Crippen molar-refractivity contribution in [3.8, 4) is 0 Å². The van der Waals surface area contributed by atoms with Gasteiger partial charge in [-0.15, -0.1) is 0 Å². The molecule has 9 heteroatoms. The van der Waals surface area contributed by atoms with Gasteiger partial charge in [0.15, 0.2) is 11.0 Å². The van der Waals surface area contributed by atoms with E-state index >= 15 is 0 Å². The molecular formula is C16H20Cl2FN3O3. The Morgan fingerprint density at radius 1 is 1.28 bits per heavy atom. The Morgan fingerprint density at radius 3 is 2.48 bits per heavy atom. The molecule has 6 nitrogen and oxygen atoms in total. The molecule has 1 aromatic rings. The summed E-state index contributed by atoms with van der Waals surface area (Å²) >= 11 is 11.5. The molecule has 0 aliphatic carbocycles. The Hall–Kier alpha value is -1.60. The second kappa shape index (κ2) is 7.33. The Bertz CT molecular complexity index is 694. The Morgan fingerprint density at radius 2 is 1.92 bits per heavy atom. The molecule has 1 aliphatic heterocycles. The molecule has 0 bridgehead atoms. The largest absolute Gasteiger partial charge is 0.444 e. The maximum absolute atomic E-state index is 13.6. The second-order valence-corrected chi connectivity index (χ2v) is 7.59. The molecule has 1 saturated heterocycles. The number of piperazine rings is 1. The number of halogens is 3. The zero-order chi connectivity index (χ0) is 18.9. The van der Waals surface area contributed by atoms with Gasteiger partial charge in [0, 0.05) is 25.7 Å². The summed E-state index contributed by atoms with van der Waals surface area (Å²) in [6, 6.07) is 0.691. The summed E-state index contributed by atoms with van der Waals surface area (Å²) in [4.78, 5) is 31.5. The highest BCUT2D eigenvalue weighted by molar-refractivity contribution is 6.34. The van der Waals surface area contributed by atoms with Crippen molar-refractivity contribution in [2.24, 2.45) is 0 Å². The van der Waals surface area contributed by atoms with Crippen LogP contribution in [0.15, 0.2) is 6.07 Å². The summed E-state index contributed by atoms with van der Waals surface area (Å²) in [5.74, 6) is -1.26. The third-order valence-corrected chi connectivity index (χ3v) is 4.21. The van der Waals surface area contributed by atoms with E-state index < -0.39 is 23.4 Å². The average Bonchev–Trinajstić information content (AvgIpc) is 2.48. The van der Waals surface area contributed by atoms with Crippen molar-refractivity contribution < 1.29 is 18.7 Å². The normalized spacial score (nSPS) is 18.3. The molecule has 2 rings (SSSR count). The van der Waals surface area contributed by atoms with Crippen LogP contribution < -0.4 is 0 Å². The van der Waals surface area contributed by atoms with E-state index in [-0.39, 0.29) is 28.5 Å². The fraction of sp³-hybridized carbons (Fsp3) is 0.562. The standard InChI is InChI=1S/C16H20Cl2FN3O3/c1-9-8-21(15(24)25-16(2,3)4)5-6-22(9)14(23)10-7-11(19)13(18)20-12(10)17/h7,9H,5-6,8H2,1-4H3/t9-/m0/s1. The van der Waals surface area contributed by atoms with Crippen LogP contribution in [0.5, 0.6) is 0 Å². The molecule has 0 radical (unpaired) electrons. The van der Waals surface area contributed by atoms with Crippen LogP contribution in [0, 0.1) is 5.82 Å². The lowest BCUT2D eigenvalue weighted by Gasteiger charge is -2.40. The average molecular weight is 392 g/mol. The summed E-state index contributed by atoms with van der Waals surface area (Å²) in [6.07, 6.45) is -0.427. The third kappa shape index (κ3) is 4.73. The fourth-order valence-corrected chi connectivity index (χ4v) is 2.90. The summed E-state index contributed by atoms with van der Waals surface area (Å²) in [6.45, 7) is 8.06. The highest BCUT2D eigenvalue weighted by Gasteiger charge is 2.33. The van der Waals surface area contributed by atoms with Crippen molar-refractivity contribution >= 4 is 35.2 Å². The monoisotopic (exact) mass is 391 g/mol. The molecule has 0 aromatic carbocycles. The van der Waals surface area contributed by atoms with Gasteiger partial charge in [0.05, 0.1) is 5.56 Å². The molecule has 0 unspecified atom stereocenters. The smallest absolute Gasteiger partial charge is 0.410 e. The van der Waals surface area contributed by atoms with Crippen LogP contribution in [-0.4, -0.2) is 58.1 Å². The van der Waals surface area contributed by atoms with E-state index in [0.717, 1.165) is 6.07 Å². The molecule has 2 heterocycles. The van der Waals surface area contributed by atoms with Gasteiger partial charge >= 0.3 is 6.09 Å². The molecule has 138 valence electrons. The number of carbonyl (C=O) groups is 2. The van der Waals surface area contributed by atoms with Crippen molar-refractivity contribution in [1.29, 1.82) is 0 Å². The van der Waals surface area contributed by atoms with Crippen LogP contribution in [0.4, 0.5) is 9.18 Å². The van der Waals surface area contributed by atoms with Gasteiger partial charge in [0.25, 0.3) is 5.91 Å². The number of rotatable bonds is 1. The fourth-order valence-electron chi connectivity index (χ4n) is 2.50. The van der Waals surface area contributed by atoms with Crippen molar-refractivity contribution in [2.45, 2.75) is 39.3 Å². The number of carbonyl (C=O) groups excluding carboxylic acids is 2. The van der Waals surface area contributed by atoms with Crippen molar-refractivity contribution in [1.82, 2.24) is 14.8 Å². The van der Waals surface area contributed by atoms with Crippen molar-refractivity contribution in [3.63, 3.8) is 0 Å². The Labute approximate surface area is 155 Å². The topological polar surface area (TPSA) is 62.7 Å². The minimum absolute atomic E-state index is 0.0545. The number of nitrogens with zero attached hydrogens (tertiary/aromatic N) is 3. The predicted molar refractivity (Wildman–Crippen MR) is 92.5 cm³/mol. The number of ether oxygens (including phenoxy) is 1. The zero-order valence-corrected chi connectivity index (χ0v) is 16.0. The quantitative estimate of drug-likeness (QED) is 0.685. The molecule has 0 N–H and O–H groups in total. The zero-order valence-electron chi connectivity index (χ0n) is 14.5. The van der Waals surface area contributed by atoms with E-state index in [1.54, 1.807) is 32.6 Å². The molecule has 2 amide bonds. The molecule has 0 spiro atoms. The third-order valence-electron chi connectivity index (χ3n) is 3.66. The lowest BCUT2D eigenvalue weighted by atomic mass is 10.1. The molecule has 0 saturated carbocycles. The molecular weight excluding hydrogens is 372 g/mol. The van der Waals surface area contributed by atoms with Gasteiger partial charge in [0.2, 0.25) is 0 Å². The molecule has 1 fully saturated rings. The van der Waals surface area contributed by atoms with E-state index in [4.69, 9.17) is 27.9 Å². The maximum Gasteiger partial charge on any atom is 0.410 e. The summed E-state index contributed by atoms with van der Waals surface area (Å²) in [5.41, 5.74) is -0.644. The molecule has 25 heavy (non-hydrogen) atoms. The lowest BCUT2D eigenvalue weighted by Crippen LogP contribution is -2.56. The minimum atomic E-state index is -0.811. The maximum atomic E-state index is 13.6. The van der Waals surface area contributed by atoms with Gasteiger partial charge in [-0.3, -0.25) is 4.79 Å². The predicted octanol–water partition coefficient (Wildman–Crippen LogP) is 3.61. The number of hydrogen-bond donors (Lipinski definition) is 0. The second-order valence-electron chi connectivity index (χ2n) is 6.87. The highest BCUT2D eigenvalue weighted by Crippen LogP contribution is 2.24. The first-order valence-electron chi connectivity index (χ1n) is 7.80. The van der Waals surface area contributed by atoms with Gasteiger partial charge in [0.1, 0.15) is 10.8 Å². The molecule has 1 aromatic heterocycles. The van der Waals surface area contributed by atoms with Gasteiger partial charge in [-0.25, -0.2) is 14.2 Å². The van der Waals surface area contributed by atoms with Gasteiger partial charge in [-0.2, -0.15) is 0 Å². The van der Waals surface area contributed by atoms with Crippen LogP contribution in [0.1, 0.15) is 38.1 Å². The number of pyridine rings is 1. The van der Waals surface area contributed by atoms with Gasteiger partial charge < -0.3 is 14.5 Å². The van der Waals surface area contributed by atoms with Crippen LogP contribution in [-0.2, 0) is 4.74 Å². The Kier molecular flexibility index (Phi) is 5.79. The van der Waals surface area contributed by atoms with E-state index in [1.807, 2.05) is 0 Å². The first kappa shape index (κ1) is 19.7. The number of hydrogen-bond acceptors (Lipinski definition) is 4. The van der Waals surface area contributed by atoms with Gasteiger partial charge in [-0.1, -0.05) is 23.2 Å². The molecule has 1 aliphatic rings. The molecule has 1 atom stereocenters.